The molecule has 0 heterocycles. The van der Waals surface area contributed by atoms with Gasteiger partial charge in [0, 0.05) is 6.61 Å². The standard InChI is InChI=1S/C9H17NO2/c1-5-12-7-9(4,11)8(2,3)6-10/h11H,5,7H2,1-4H3. The van der Waals surface area contributed by atoms with Crippen LogP contribution in [0.25, 0.3) is 0 Å². The maximum absolute atomic E-state index is 9.83. The third kappa shape index (κ3) is 2.47. The van der Waals surface area contributed by atoms with Crippen molar-refractivity contribution in [2.45, 2.75) is 33.3 Å². The van der Waals surface area contributed by atoms with Gasteiger partial charge in [0.05, 0.1) is 18.1 Å². The van der Waals surface area contributed by atoms with E-state index in [4.69, 9.17) is 10.00 Å². The van der Waals surface area contributed by atoms with Crippen molar-refractivity contribution in [2.75, 3.05) is 13.2 Å². The Morgan fingerprint density at radius 2 is 1.92 bits per heavy atom. The zero-order valence-electron chi connectivity index (χ0n) is 8.22. The molecule has 0 rings (SSSR count). The first-order chi connectivity index (χ1) is 5.37. The molecule has 70 valence electrons. The SMILES string of the molecule is CCOCC(C)(O)C(C)(C)C#N. The predicted octanol–water partition coefficient (Wildman–Crippen LogP) is 1.32. The second kappa shape index (κ2) is 3.88. The Labute approximate surface area is 74.0 Å². The van der Waals surface area contributed by atoms with Crippen LogP contribution in [-0.2, 0) is 4.74 Å². The summed E-state index contributed by atoms with van der Waals surface area (Å²) in [6.45, 7) is 7.63. The highest BCUT2D eigenvalue weighted by atomic mass is 16.5. The fraction of sp³-hybridized carbons (Fsp3) is 0.889. The third-order valence-corrected chi connectivity index (χ3v) is 2.21. The van der Waals surface area contributed by atoms with Crippen LogP contribution in [0.2, 0.25) is 0 Å². The summed E-state index contributed by atoms with van der Waals surface area (Å²) in [6, 6.07) is 2.06. The highest BCUT2D eigenvalue weighted by molar-refractivity contribution is 5.04. The Balaban J connectivity index is 4.30. The van der Waals surface area contributed by atoms with E-state index in [1.165, 1.54) is 0 Å². The first-order valence-electron chi connectivity index (χ1n) is 4.09. The lowest BCUT2D eigenvalue weighted by Gasteiger charge is -2.33. The molecule has 3 nitrogen and oxygen atoms in total. The Bertz CT molecular complexity index is 179. The number of nitrogens with zero attached hydrogens (tertiary/aromatic N) is 1. The molecule has 0 aromatic carbocycles. The van der Waals surface area contributed by atoms with Crippen molar-refractivity contribution >= 4 is 0 Å². The molecular formula is C9H17NO2. The molecule has 0 aliphatic carbocycles. The fourth-order valence-corrected chi connectivity index (χ4v) is 0.602. The molecule has 12 heavy (non-hydrogen) atoms. The fourth-order valence-electron chi connectivity index (χ4n) is 0.602. The largest absolute Gasteiger partial charge is 0.386 e. The van der Waals surface area contributed by atoms with Crippen LogP contribution in [0, 0.1) is 16.7 Å². The number of rotatable bonds is 4. The summed E-state index contributed by atoms with van der Waals surface area (Å²) in [4.78, 5) is 0. The van der Waals surface area contributed by atoms with Crippen LogP contribution in [0.5, 0.6) is 0 Å². The lowest BCUT2D eigenvalue weighted by molar-refractivity contribution is -0.0843. The van der Waals surface area contributed by atoms with Crippen molar-refractivity contribution < 1.29 is 9.84 Å². The molecule has 0 saturated carbocycles. The third-order valence-electron chi connectivity index (χ3n) is 2.21. The van der Waals surface area contributed by atoms with Gasteiger partial charge in [0.15, 0.2) is 0 Å². The maximum Gasteiger partial charge on any atom is 0.103 e. The maximum atomic E-state index is 9.83. The normalized spacial score (nSPS) is 16.7. The molecule has 0 bridgehead atoms. The molecule has 3 heteroatoms. The summed E-state index contributed by atoms with van der Waals surface area (Å²) in [5.41, 5.74) is -1.86. The number of ether oxygens (including phenoxy) is 1. The summed E-state index contributed by atoms with van der Waals surface area (Å²) in [5.74, 6) is 0. The Kier molecular flexibility index (Phi) is 3.69. The number of aliphatic hydroxyl groups is 1. The quantitative estimate of drug-likeness (QED) is 0.694. The molecule has 0 fully saturated rings. The molecule has 0 radical (unpaired) electrons. The minimum Gasteiger partial charge on any atom is -0.386 e. The second-order valence-corrected chi connectivity index (χ2v) is 3.65. The van der Waals surface area contributed by atoms with Gasteiger partial charge < -0.3 is 9.84 Å². The molecule has 0 aliphatic heterocycles. The topological polar surface area (TPSA) is 53.2 Å². The minimum atomic E-state index is -1.09. The van der Waals surface area contributed by atoms with Crippen molar-refractivity contribution in [1.29, 1.82) is 5.26 Å². The molecule has 0 aromatic rings. The molecule has 0 aromatic heterocycles. The number of hydrogen-bond donors (Lipinski definition) is 1. The summed E-state index contributed by atoms with van der Waals surface area (Å²) < 4.78 is 5.09. The van der Waals surface area contributed by atoms with Gasteiger partial charge in [0.2, 0.25) is 0 Å². The van der Waals surface area contributed by atoms with Crippen LogP contribution in [0.15, 0.2) is 0 Å². The molecule has 1 N–H and O–H groups in total. The summed E-state index contributed by atoms with van der Waals surface area (Å²) in [7, 11) is 0. The monoisotopic (exact) mass is 171 g/mol. The Hall–Kier alpha value is -0.590. The predicted molar refractivity (Wildman–Crippen MR) is 46.5 cm³/mol. The van der Waals surface area contributed by atoms with Gasteiger partial charge in [0.25, 0.3) is 0 Å². The van der Waals surface area contributed by atoms with Gasteiger partial charge in [-0.3, -0.25) is 0 Å². The van der Waals surface area contributed by atoms with Crippen molar-refractivity contribution in [1.82, 2.24) is 0 Å². The van der Waals surface area contributed by atoms with Crippen molar-refractivity contribution in [2.24, 2.45) is 5.41 Å². The lowest BCUT2D eigenvalue weighted by atomic mass is 9.78. The Morgan fingerprint density at radius 3 is 2.25 bits per heavy atom. The van der Waals surface area contributed by atoms with E-state index >= 15 is 0 Å². The van der Waals surface area contributed by atoms with Crippen molar-refractivity contribution in [3.05, 3.63) is 0 Å². The van der Waals surface area contributed by atoms with E-state index in [0.717, 1.165) is 0 Å². The zero-order chi connectivity index (χ0) is 9.83. The van der Waals surface area contributed by atoms with Gasteiger partial charge in [-0.15, -0.1) is 0 Å². The van der Waals surface area contributed by atoms with E-state index in [-0.39, 0.29) is 6.61 Å². The smallest absolute Gasteiger partial charge is 0.103 e. The first-order valence-corrected chi connectivity index (χ1v) is 4.09. The van der Waals surface area contributed by atoms with Crippen LogP contribution in [0.1, 0.15) is 27.7 Å². The van der Waals surface area contributed by atoms with Gasteiger partial charge in [-0.1, -0.05) is 0 Å². The molecular weight excluding hydrogens is 154 g/mol. The molecule has 0 aliphatic rings. The van der Waals surface area contributed by atoms with Gasteiger partial charge in [-0.2, -0.15) is 5.26 Å². The van der Waals surface area contributed by atoms with Crippen molar-refractivity contribution in [3.8, 4) is 6.07 Å². The van der Waals surface area contributed by atoms with Crippen LogP contribution >= 0.6 is 0 Å². The highest BCUT2D eigenvalue weighted by Gasteiger charge is 2.39. The van der Waals surface area contributed by atoms with Gasteiger partial charge >= 0.3 is 0 Å². The summed E-state index contributed by atoms with van der Waals surface area (Å²) in [5, 5.41) is 18.6. The van der Waals surface area contributed by atoms with E-state index < -0.39 is 11.0 Å². The molecule has 1 atom stereocenters. The number of nitriles is 1. The molecule has 0 saturated heterocycles. The number of hydrogen-bond acceptors (Lipinski definition) is 3. The minimum absolute atomic E-state index is 0.198. The molecule has 1 unspecified atom stereocenters. The van der Waals surface area contributed by atoms with Crippen molar-refractivity contribution in [3.63, 3.8) is 0 Å². The first kappa shape index (κ1) is 11.4. The van der Waals surface area contributed by atoms with Gasteiger partial charge in [0.1, 0.15) is 5.60 Å². The zero-order valence-corrected chi connectivity index (χ0v) is 8.22. The van der Waals surface area contributed by atoms with Gasteiger partial charge in [-0.25, -0.2) is 0 Å². The van der Waals surface area contributed by atoms with E-state index in [1.807, 2.05) is 6.92 Å². The van der Waals surface area contributed by atoms with E-state index in [2.05, 4.69) is 6.07 Å². The van der Waals surface area contributed by atoms with E-state index in [9.17, 15) is 5.11 Å². The average molecular weight is 171 g/mol. The van der Waals surface area contributed by atoms with E-state index in [0.29, 0.717) is 6.61 Å². The highest BCUT2D eigenvalue weighted by Crippen LogP contribution is 2.29. The molecule has 0 spiro atoms. The Morgan fingerprint density at radius 1 is 1.42 bits per heavy atom. The van der Waals surface area contributed by atoms with Gasteiger partial charge in [-0.05, 0) is 27.7 Å². The van der Waals surface area contributed by atoms with Crippen LogP contribution in [-0.4, -0.2) is 23.9 Å². The van der Waals surface area contributed by atoms with Crippen LogP contribution in [0.3, 0.4) is 0 Å². The second-order valence-electron chi connectivity index (χ2n) is 3.65. The van der Waals surface area contributed by atoms with Crippen LogP contribution < -0.4 is 0 Å². The summed E-state index contributed by atoms with van der Waals surface area (Å²) in [6.07, 6.45) is 0. The lowest BCUT2D eigenvalue weighted by Crippen LogP contribution is -2.45. The molecule has 0 amide bonds. The van der Waals surface area contributed by atoms with Crippen LogP contribution in [0.4, 0.5) is 0 Å². The van der Waals surface area contributed by atoms with E-state index in [1.54, 1.807) is 20.8 Å². The summed E-state index contributed by atoms with van der Waals surface area (Å²) >= 11 is 0. The average Bonchev–Trinajstić information content (AvgIpc) is 2.00.